The topological polar surface area (TPSA) is 54.3 Å². The molecule has 2 atom stereocenters. The summed E-state index contributed by atoms with van der Waals surface area (Å²) < 4.78 is 19.4. The fraction of sp³-hybridized carbons (Fsp3) is 0.348. The minimum atomic E-state index is -0.669. The summed E-state index contributed by atoms with van der Waals surface area (Å²) in [5.74, 6) is -0.314. The second kappa shape index (κ2) is 11.2. The Kier molecular flexibility index (Phi) is 8.39. The number of aliphatic hydroxyl groups excluding tert-OH is 1. The molecule has 0 saturated carbocycles. The molecule has 1 aliphatic heterocycles. The van der Waals surface area contributed by atoms with Crippen LogP contribution in [0.1, 0.15) is 17.5 Å². The summed E-state index contributed by atoms with van der Waals surface area (Å²) in [6.07, 6.45) is 1.23. The Morgan fingerprint density at radius 3 is 2.93 bits per heavy atom. The molecule has 0 spiro atoms. The van der Waals surface area contributed by atoms with Gasteiger partial charge in [0.1, 0.15) is 11.9 Å². The Labute approximate surface area is 181 Å². The average molecular weight is 433 g/mol. The molecule has 0 bridgehead atoms. The molecule has 0 aliphatic carbocycles. The third-order valence-corrected chi connectivity index (χ3v) is 4.92. The number of oxime groups is 1. The Hall–Kier alpha value is -2.25. The molecule has 0 unspecified atom stereocenters. The van der Waals surface area contributed by atoms with Crippen LogP contribution in [0.5, 0.6) is 0 Å². The van der Waals surface area contributed by atoms with Gasteiger partial charge in [-0.3, -0.25) is 4.90 Å². The Bertz CT molecular complexity index is 877. The molecule has 0 fully saturated rings. The highest BCUT2D eigenvalue weighted by molar-refractivity contribution is 6.30. The van der Waals surface area contributed by atoms with Gasteiger partial charge in [-0.15, -0.1) is 6.58 Å². The molecule has 1 heterocycles. The van der Waals surface area contributed by atoms with Gasteiger partial charge in [0.2, 0.25) is 0 Å². The molecule has 160 valence electrons. The number of rotatable bonds is 11. The van der Waals surface area contributed by atoms with Crippen LogP contribution >= 0.6 is 11.6 Å². The van der Waals surface area contributed by atoms with Crippen molar-refractivity contribution in [3.63, 3.8) is 0 Å². The maximum absolute atomic E-state index is 14.1. The second-order valence-electron chi connectivity index (χ2n) is 7.25. The van der Waals surface area contributed by atoms with Crippen LogP contribution in [0.15, 0.2) is 66.3 Å². The molecule has 3 rings (SSSR count). The maximum Gasteiger partial charge on any atom is 0.145 e. The van der Waals surface area contributed by atoms with E-state index in [1.54, 1.807) is 24.3 Å². The van der Waals surface area contributed by atoms with Crippen molar-refractivity contribution in [1.29, 1.82) is 0 Å². The molecule has 0 saturated heterocycles. The summed E-state index contributed by atoms with van der Waals surface area (Å²) in [7, 11) is 0. The maximum atomic E-state index is 14.1. The third kappa shape index (κ3) is 6.64. The summed E-state index contributed by atoms with van der Waals surface area (Å²) in [4.78, 5) is 7.64. The third-order valence-electron chi connectivity index (χ3n) is 4.69. The average Bonchev–Trinajstić information content (AvgIpc) is 3.16. The highest BCUT2D eigenvalue weighted by Gasteiger charge is 2.27. The van der Waals surface area contributed by atoms with Crippen molar-refractivity contribution in [3.8, 4) is 0 Å². The SMILES string of the molecule is C=CCOC[C@@H](O)CN(Cc1cccc(Cl)c1)C[C@H]1CC(c2ccccc2F)=NO1. The van der Waals surface area contributed by atoms with Crippen LogP contribution in [0.2, 0.25) is 5.02 Å². The van der Waals surface area contributed by atoms with Crippen LogP contribution in [-0.4, -0.2) is 54.2 Å². The minimum Gasteiger partial charge on any atom is -0.390 e. The zero-order valence-corrected chi connectivity index (χ0v) is 17.5. The van der Waals surface area contributed by atoms with Gasteiger partial charge in [0.25, 0.3) is 0 Å². The number of ether oxygens (including phenoxy) is 1. The van der Waals surface area contributed by atoms with Gasteiger partial charge in [-0.05, 0) is 23.8 Å². The van der Waals surface area contributed by atoms with Gasteiger partial charge in [-0.1, -0.05) is 53.2 Å². The zero-order chi connectivity index (χ0) is 21.3. The van der Waals surface area contributed by atoms with E-state index in [9.17, 15) is 9.50 Å². The van der Waals surface area contributed by atoms with Gasteiger partial charge in [-0.25, -0.2) is 4.39 Å². The summed E-state index contributed by atoms with van der Waals surface area (Å²) in [6, 6.07) is 14.1. The molecule has 0 amide bonds. The molecule has 0 radical (unpaired) electrons. The van der Waals surface area contributed by atoms with E-state index in [0.717, 1.165) is 5.56 Å². The van der Waals surface area contributed by atoms with Crippen molar-refractivity contribution in [1.82, 2.24) is 4.90 Å². The highest BCUT2D eigenvalue weighted by atomic mass is 35.5. The van der Waals surface area contributed by atoms with E-state index in [1.807, 2.05) is 24.3 Å². The summed E-state index contributed by atoms with van der Waals surface area (Å²) in [5, 5.41) is 15.1. The quantitative estimate of drug-likeness (QED) is 0.430. The number of aliphatic hydroxyl groups is 1. The molecule has 1 N–H and O–H groups in total. The predicted molar refractivity (Wildman–Crippen MR) is 116 cm³/mol. The first-order chi connectivity index (χ1) is 14.5. The molecule has 2 aromatic carbocycles. The van der Waals surface area contributed by atoms with Crippen molar-refractivity contribution in [2.24, 2.45) is 5.16 Å². The van der Waals surface area contributed by atoms with Crippen LogP contribution < -0.4 is 0 Å². The van der Waals surface area contributed by atoms with E-state index < -0.39 is 6.10 Å². The summed E-state index contributed by atoms with van der Waals surface area (Å²) in [5.41, 5.74) is 2.07. The first-order valence-corrected chi connectivity index (χ1v) is 10.2. The van der Waals surface area contributed by atoms with Crippen LogP contribution in [0, 0.1) is 5.82 Å². The second-order valence-corrected chi connectivity index (χ2v) is 7.69. The lowest BCUT2D eigenvalue weighted by Gasteiger charge is -2.27. The van der Waals surface area contributed by atoms with Crippen molar-refractivity contribution in [2.45, 2.75) is 25.2 Å². The minimum absolute atomic E-state index is 0.209. The molecular formula is C23H26ClFN2O3. The van der Waals surface area contributed by atoms with Crippen LogP contribution in [-0.2, 0) is 16.1 Å². The zero-order valence-electron chi connectivity index (χ0n) is 16.7. The Morgan fingerprint density at radius 2 is 2.17 bits per heavy atom. The van der Waals surface area contributed by atoms with Gasteiger partial charge in [0.05, 0.1) is 25.0 Å². The molecule has 7 heteroatoms. The van der Waals surface area contributed by atoms with Gasteiger partial charge in [0, 0.05) is 36.6 Å². The van der Waals surface area contributed by atoms with Crippen molar-refractivity contribution in [2.75, 3.05) is 26.3 Å². The normalized spacial score (nSPS) is 16.9. The fourth-order valence-corrected chi connectivity index (χ4v) is 3.62. The molecule has 30 heavy (non-hydrogen) atoms. The number of hydrogen-bond acceptors (Lipinski definition) is 5. The number of halogens is 2. The molecule has 5 nitrogen and oxygen atoms in total. The molecule has 1 aliphatic rings. The first kappa shape index (κ1) is 22.4. The lowest BCUT2D eigenvalue weighted by Crippen LogP contribution is -2.39. The van der Waals surface area contributed by atoms with Crippen LogP contribution in [0.4, 0.5) is 4.39 Å². The van der Waals surface area contributed by atoms with Gasteiger partial charge >= 0.3 is 0 Å². The fourth-order valence-electron chi connectivity index (χ4n) is 3.40. The molecular weight excluding hydrogens is 407 g/mol. The van der Waals surface area contributed by atoms with Gasteiger partial charge in [0.15, 0.2) is 0 Å². The van der Waals surface area contributed by atoms with Gasteiger partial charge < -0.3 is 14.7 Å². The number of hydrogen-bond donors (Lipinski definition) is 1. The van der Waals surface area contributed by atoms with E-state index in [4.69, 9.17) is 21.2 Å². The highest BCUT2D eigenvalue weighted by Crippen LogP contribution is 2.21. The Balaban J connectivity index is 1.63. The standard InChI is InChI=1S/C23H26ClFN2O3/c1-2-10-29-16-19(28)14-27(13-17-6-5-7-18(24)11-17)15-20-12-23(26-30-20)21-8-3-4-9-22(21)25/h2-9,11,19-20,28H,1,10,12-16H2/t19-,20+/m0/s1. The van der Waals surface area contributed by atoms with E-state index in [-0.39, 0.29) is 18.5 Å². The number of nitrogens with zero attached hydrogens (tertiary/aromatic N) is 2. The predicted octanol–water partition coefficient (Wildman–Crippen LogP) is 4.04. The lowest BCUT2D eigenvalue weighted by atomic mass is 10.0. The van der Waals surface area contributed by atoms with Crippen molar-refractivity contribution >= 4 is 17.3 Å². The van der Waals surface area contributed by atoms with Crippen molar-refractivity contribution < 1.29 is 19.1 Å². The summed E-state index contributed by atoms with van der Waals surface area (Å²) in [6.45, 7) is 5.68. The van der Waals surface area contributed by atoms with E-state index >= 15 is 0 Å². The summed E-state index contributed by atoms with van der Waals surface area (Å²) >= 11 is 6.11. The van der Waals surface area contributed by atoms with Crippen LogP contribution in [0.25, 0.3) is 0 Å². The van der Waals surface area contributed by atoms with E-state index in [1.165, 1.54) is 6.07 Å². The van der Waals surface area contributed by atoms with E-state index in [2.05, 4.69) is 16.6 Å². The number of benzene rings is 2. The largest absolute Gasteiger partial charge is 0.390 e. The van der Waals surface area contributed by atoms with Crippen LogP contribution in [0.3, 0.4) is 0 Å². The smallest absolute Gasteiger partial charge is 0.145 e. The first-order valence-electron chi connectivity index (χ1n) is 9.86. The van der Waals surface area contributed by atoms with E-state index in [0.29, 0.717) is 49.0 Å². The monoisotopic (exact) mass is 432 g/mol. The Morgan fingerprint density at radius 1 is 1.33 bits per heavy atom. The molecule has 0 aromatic heterocycles. The van der Waals surface area contributed by atoms with Gasteiger partial charge in [-0.2, -0.15) is 0 Å². The van der Waals surface area contributed by atoms with Crippen molar-refractivity contribution in [3.05, 3.63) is 83.2 Å². The molecule has 2 aromatic rings. The lowest BCUT2D eigenvalue weighted by molar-refractivity contribution is 0.00336.